The number of hydrogen-bond acceptors (Lipinski definition) is 0. The molecule has 1 heteroatoms. The van der Waals surface area contributed by atoms with Crippen LogP contribution in [0.3, 0.4) is 0 Å². The van der Waals surface area contributed by atoms with Gasteiger partial charge in [0.25, 0.3) is 0 Å². The molecule has 1 atom stereocenters. The lowest BCUT2D eigenvalue weighted by Gasteiger charge is -2.42. The second kappa shape index (κ2) is 4.27. The molecule has 1 fully saturated rings. The molecule has 0 N–H and O–H groups in total. The number of piperidine rings is 1. The van der Waals surface area contributed by atoms with Crippen molar-refractivity contribution in [1.29, 1.82) is 0 Å². The minimum Gasteiger partial charge on any atom is -0.235 e. The van der Waals surface area contributed by atoms with Crippen molar-refractivity contribution in [3.8, 4) is 0 Å². The van der Waals surface area contributed by atoms with E-state index in [9.17, 15) is 0 Å². The zero-order valence-corrected chi connectivity index (χ0v) is 8.77. The highest BCUT2D eigenvalue weighted by Gasteiger charge is 2.37. The maximum atomic E-state index is 4.85. The Labute approximate surface area is 76.9 Å². The van der Waals surface area contributed by atoms with Crippen molar-refractivity contribution in [2.45, 2.75) is 58.4 Å². The van der Waals surface area contributed by atoms with Gasteiger partial charge < -0.3 is 0 Å². The molecule has 1 heterocycles. The Morgan fingerprint density at radius 3 is 2.33 bits per heavy atom. The smallest absolute Gasteiger partial charge is 0.0379 e. The first-order valence-electron chi connectivity index (χ1n) is 5.47. The highest BCUT2D eigenvalue weighted by molar-refractivity contribution is 4.94. The number of rotatable bonds is 3. The van der Waals surface area contributed by atoms with E-state index in [4.69, 9.17) is 5.32 Å². The van der Waals surface area contributed by atoms with Crippen molar-refractivity contribution in [2.24, 2.45) is 5.92 Å². The third kappa shape index (κ3) is 1.66. The van der Waals surface area contributed by atoms with E-state index < -0.39 is 0 Å². The molecule has 0 aromatic carbocycles. The van der Waals surface area contributed by atoms with Crippen LogP contribution < -0.4 is 5.32 Å². The fraction of sp³-hybridized carbons (Fsp3) is 1.00. The first kappa shape index (κ1) is 10.0. The van der Waals surface area contributed by atoms with Crippen LogP contribution in [0.5, 0.6) is 0 Å². The lowest BCUT2D eigenvalue weighted by Crippen LogP contribution is -2.49. The maximum absolute atomic E-state index is 4.85. The Morgan fingerprint density at radius 2 is 1.92 bits per heavy atom. The second-order valence-corrected chi connectivity index (χ2v) is 3.94. The zero-order valence-electron chi connectivity index (χ0n) is 8.77. The fourth-order valence-corrected chi connectivity index (χ4v) is 2.67. The molecule has 0 amide bonds. The lowest BCUT2D eigenvalue weighted by atomic mass is 9.73. The largest absolute Gasteiger partial charge is 0.235 e. The topological polar surface area (TPSA) is 14.1 Å². The van der Waals surface area contributed by atoms with Gasteiger partial charge in [0.2, 0.25) is 0 Å². The average molecular weight is 168 g/mol. The zero-order chi connectivity index (χ0) is 9.03. The van der Waals surface area contributed by atoms with Crippen molar-refractivity contribution in [3.05, 3.63) is 0 Å². The van der Waals surface area contributed by atoms with Gasteiger partial charge in [0.15, 0.2) is 0 Å². The maximum Gasteiger partial charge on any atom is 0.0379 e. The molecule has 0 aliphatic carbocycles. The minimum atomic E-state index is 0.354. The predicted molar refractivity (Wildman–Crippen MR) is 53.3 cm³/mol. The van der Waals surface area contributed by atoms with Gasteiger partial charge in [0.1, 0.15) is 0 Å². The lowest BCUT2D eigenvalue weighted by molar-refractivity contribution is 0.135. The van der Waals surface area contributed by atoms with E-state index in [-0.39, 0.29) is 0 Å². The van der Waals surface area contributed by atoms with Crippen LogP contribution in [0.25, 0.3) is 0 Å². The summed E-state index contributed by atoms with van der Waals surface area (Å²) in [5.74, 6) is 0.862. The van der Waals surface area contributed by atoms with Crippen molar-refractivity contribution < 1.29 is 0 Å². The highest BCUT2D eigenvalue weighted by Crippen LogP contribution is 2.35. The fourth-order valence-electron chi connectivity index (χ4n) is 2.67. The van der Waals surface area contributed by atoms with Gasteiger partial charge in [-0.15, -0.1) is 0 Å². The molecule has 0 spiro atoms. The summed E-state index contributed by atoms with van der Waals surface area (Å²) in [7, 11) is 0. The third-order valence-corrected chi connectivity index (χ3v) is 3.61. The van der Waals surface area contributed by atoms with Crippen LogP contribution in [0.15, 0.2) is 0 Å². The second-order valence-electron chi connectivity index (χ2n) is 3.94. The molecule has 1 radical (unpaired) electrons. The summed E-state index contributed by atoms with van der Waals surface area (Å²) in [5.41, 5.74) is 0.354. The summed E-state index contributed by atoms with van der Waals surface area (Å²) in [6, 6.07) is 0. The van der Waals surface area contributed by atoms with E-state index in [1.807, 2.05) is 0 Å². The normalized spacial score (nSPS) is 28.8. The van der Waals surface area contributed by atoms with Gasteiger partial charge in [-0.2, -0.15) is 0 Å². The van der Waals surface area contributed by atoms with Crippen LogP contribution in [-0.4, -0.2) is 12.1 Å². The van der Waals surface area contributed by atoms with Crippen molar-refractivity contribution in [3.63, 3.8) is 0 Å². The molecule has 71 valence electrons. The van der Waals surface area contributed by atoms with Crippen molar-refractivity contribution in [1.82, 2.24) is 5.32 Å². The monoisotopic (exact) mass is 168 g/mol. The van der Waals surface area contributed by atoms with E-state index in [1.54, 1.807) is 0 Å². The average Bonchev–Trinajstić information content (AvgIpc) is 2.17. The summed E-state index contributed by atoms with van der Waals surface area (Å²) in [5, 5.41) is 4.85. The molecule has 0 bridgehead atoms. The van der Waals surface area contributed by atoms with Gasteiger partial charge in [0, 0.05) is 12.1 Å². The summed E-state index contributed by atoms with van der Waals surface area (Å²) in [6.45, 7) is 8.01. The van der Waals surface area contributed by atoms with Gasteiger partial charge >= 0.3 is 0 Å². The van der Waals surface area contributed by atoms with E-state index in [0.717, 1.165) is 12.5 Å². The van der Waals surface area contributed by atoms with Gasteiger partial charge in [-0.05, 0) is 31.6 Å². The molecule has 0 aromatic rings. The standard InChI is InChI=1S/C11H22N/c1-4-10-8-7-9-12-11(10,5-2)6-3/h10H,4-9H2,1-3H3. The first-order chi connectivity index (χ1) is 5.79. The Morgan fingerprint density at radius 1 is 1.25 bits per heavy atom. The van der Waals surface area contributed by atoms with Crippen LogP contribution in [0, 0.1) is 5.92 Å². The van der Waals surface area contributed by atoms with Crippen molar-refractivity contribution in [2.75, 3.05) is 6.54 Å². The third-order valence-electron chi connectivity index (χ3n) is 3.61. The molecule has 0 saturated carbocycles. The van der Waals surface area contributed by atoms with E-state index in [2.05, 4.69) is 20.8 Å². The molecule has 1 rings (SSSR count). The molecule has 12 heavy (non-hydrogen) atoms. The minimum absolute atomic E-state index is 0.354. The Bertz CT molecular complexity index is 127. The molecule has 1 saturated heterocycles. The van der Waals surface area contributed by atoms with E-state index in [0.29, 0.717) is 5.54 Å². The Kier molecular flexibility index (Phi) is 3.57. The van der Waals surface area contributed by atoms with Gasteiger partial charge in [-0.1, -0.05) is 27.2 Å². The molecule has 1 aliphatic rings. The molecule has 1 nitrogen and oxygen atoms in total. The van der Waals surface area contributed by atoms with Gasteiger partial charge in [0.05, 0.1) is 0 Å². The molecule has 1 aliphatic heterocycles. The van der Waals surface area contributed by atoms with Crippen LogP contribution in [0.2, 0.25) is 0 Å². The summed E-state index contributed by atoms with van der Waals surface area (Å²) < 4.78 is 0. The molecular weight excluding hydrogens is 146 g/mol. The van der Waals surface area contributed by atoms with Crippen LogP contribution in [0.1, 0.15) is 52.9 Å². The summed E-state index contributed by atoms with van der Waals surface area (Å²) in [4.78, 5) is 0. The van der Waals surface area contributed by atoms with Crippen molar-refractivity contribution >= 4 is 0 Å². The Hall–Kier alpha value is -0.0400. The molecule has 1 unspecified atom stereocenters. The van der Waals surface area contributed by atoms with E-state index in [1.165, 1.54) is 32.1 Å². The summed E-state index contributed by atoms with van der Waals surface area (Å²) >= 11 is 0. The van der Waals surface area contributed by atoms with E-state index >= 15 is 0 Å². The number of hydrogen-bond donors (Lipinski definition) is 0. The molecular formula is C11H22N. The summed E-state index contributed by atoms with van der Waals surface area (Å²) in [6.07, 6.45) is 6.51. The molecule has 0 aromatic heterocycles. The SMILES string of the molecule is CCC1CCC[N]C1(CC)CC. The van der Waals surface area contributed by atoms with Gasteiger partial charge in [-0.25, -0.2) is 5.32 Å². The Balaban J connectivity index is 2.66. The number of nitrogens with zero attached hydrogens (tertiary/aromatic N) is 1. The van der Waals surface area contributed by atoms with Gasteiger partial charge in [-0.3, -0.25) is 0 Å². The predicted octanol–water partition coefficient (Wildman–Crippen LogP) is 2.97. The first-order valence-corrected chi connectivity index (χ1v) is 5.47. The van der Waals surface area contributed by atoms with Crippen LogP contribution in [0.4, 0.5) is 0 Å². The highest BCUT2D eigenvalue weighted by atomic mass is 15.0. The van der Waals surface area contributed by atoms with Crippen LogP contribution >= 0.6 is 0 Å². The quantitative estimate of drug-likeness (QED) is 0.615. The van der Waals surface area contributed by atoms with Crippen LogP contribution in [-0.2, 0) is 0 Å².